The van der Waals surface area contributed by atoms with E-state index in [-0.39, 0.29) is 29.6 Å². The van der Waals surface area contributed by atoms with Crippen LogP contribution in [0.3, 0.4) is 0 Å². The third kappa shape index (κ3) is 11.9. The van der Waals surface area contributed by atoms with Crippen molar-refractivity contribution in [3.8, 4) is 0 Å². The number of rotatable bonds is 15. The van der Waals surface area contributed by atoms with Crippen LogP contribution in [-0.4, -0.2) is 54.8 Å². The van der Waals surface area contributed by atoms with E-state index in [0.29, 0.717) is 37.9 Å². The van der Waals surface area contributed by atoms with Crippen molar-refractivity contribution in [3.05, 3.63) is 47.5 Å². The summed E-state index contributed by atoms with van der Waals surface area (Å²) in [6, 6.07) is 7.23. The molecule has 1 aliphatic rings. The molecular weight excluding hydrogens is 506 g/mol. The van der Waals surface area contributed by atoms with Crippen LogP contribution in [0.2, 0.25) is 0 Å². The Labute approximate surface area is 239 Å². The van der Waals surface area contributed by atoms with Crippen molar-refractivity contribution in [2.24, 2.45) is 17.8 Å². The highest BCUT2D eigenvalue weighted by molar-refractivity contribution is 5.98. The number of carbonyl (C=O) groups excluding carboxylic acids is 4. The normalized spacial score (nSPS) is 15.7. The van der Waals surface area contributed by atoms with E-state index < -0.39 is 29.9 Å². The predicted molar refractivity (Wildman–Crippen MR) is 158 cm³/mol. The Morgan fingerprint density at radius 2 is 1.23 bits per heavy atom. The molecule has 4 amide bonds. The van der Waals surface area contributed by atoms with Crippen LogP contribution in [0.1, 0.15) is 72.8 Å². The van der Waals surface area contributed by atoms with Gasteiger partial charge in [-0.3, -0.25) is 19.2 Å². The lowest BCUT2D eigenvalue weighted by Crippen LogP contribution is -2.57. The fourth-order valence-electron chi connectivity index (χ4n) is 4.63. The lowest BCUT2D eigenvalue weighted by atomic mass is 9.98. The first-order valence-electron chi connectivity index (χ1n) is 14.6. The highest BCUT2D eigenvalue weighted by atomic mass is 16.2. The van der Waals surface area contributed by atoms with Crippen LogP contribution in [0, 0.1) is 17.8 Å². The summed E-state index contributed by atoms with van der Waals surface area (Å²) >= 11 is 0. The van der Waals surface area contributed by atoms with Crippen molar-refractivity contribution in [2.75, 3.05) is 13.1 Å². The predicted octanol–water partition coefficient (Wildman–Crippen LogP) is 2.82. The topological polar surface area (TPSA) is 128 Å². The number of carbonyl (C=O) groups is 4. The van der Waals surface area contributed by atoms with Crippen molar-refractivity contribution in [2.45, 2.75) is 91.9 Å². The second-order valence-electron chi connectivity index (χ2n) is 11.9. The van der Waals surface area contributed by atoms with Gasteiger partial charge in [-0.2, -0.15) is 0 Å². The van der Waals surface area contributed by atoms with E-state index in [1.165, 1.54) is 0 Å². The van der Waals surface area contributed by atoms with Gasteiger partial charge in [-0.05, 0) is 55.5 Å². The van der Waals surface area contributed by atoms with Crippen LogP contribution in [0.25, 0.3) is 0 Å². The van der Waals surface area contributed by atoms with Gasteiger partial charge in [0.1, 0.15) is 18.1 Å². The molecule has 5 N–H and O–H groups in total. The summed E-state index contributed by atoms with van der Waals surface area (Å²) in [5.41, 5.74) is 1.58. The summed E-state index contributed by atoms with van der Waals surface area (Å²) in [4.78, 5) is 52.9. The van der Waals surface area contributed by atoms with E-state index in [4.69, 9.17) is 0 Å². The number of benzene rings is 1. The quantitative estimate of drug-likeness (QED) is 0.227. The SMILES string of the molecule is CC(C)C[C@H](NC(=O)C1=CCCNC1)C(=O)N[C@@H](CC(C)C)C(=O)N[C@@H](CC(C)C)C(=O)NCc1ccccc1. The van der Waals surface area contributed by atoms with E-state index >= 15 is 0 Å². The molecule has 1 aromatic carbocycles. The second kappa shape index (κ2) is 16.8. The zero-order valence-electron chi connectivity index (χ0n) is 25.0. The largest absolute Gasteiger partial charge is 0.350 e. The van der Waals surface area contributed by atoms with Crippen LogP contribution in [0.5, 0.6) is 0 Å². The molecule has 0 aliphatic carbocycles. The highest BCUT2D eigenvalue weighted by Gasteiger charge is 2.31. The van der Waals surface area contributed by atoms with Crippen molar-refractivity contribution in [1.29, 1.82) is 0 Å². The van der Waals surface area contributed by atoms with Gasteiger partial charge in [-0.1, -0.05) is 78.0 Å². The Morgan fingerprint density at radius 3 is 1.70 bits per heavy atom. The van der Waals surface area contributed by atoms with E-state index in [1.807, 2.05) is 78.0 Å². The highest BCUT2D eigenvalue weighted by Crippen LogP contribution is 2.12. The molecule has 0 fully saturated rings. The molecule has 2 rings (SSSR count). The molecular formula is C31H49N5O4. The first-order valence-corrected chi connectivity index (χ1v) is 14.6. The van der Waals surface area contributed by atoms with Gasteiger partial charge in [-0.15, -0.1) is 0 Å². The third-order valence-corrected chi connectivity index (χ3v) is 6.64. The number of amides is 4. The van der Waals surface area contributed by atoms with Crippen LogP contribution >= 0.6 is 0 Å². The smallest absolute Gasteiger partial charge is 0.248 e. The minimum absolute atomic E-state index is 0.114. The summed E-state index contributed by atoms with van der Waals surface area (Å²) in [6.07, 6.45) is 3.95. The van der Waals surface area contributed by atoms with Crippen LogP contribution in [-0.2, 0) is 25.7 Å². The number of nitrogens with one attached hydrogen (secondary N) is 5. The molecule has 3 atom stereocenters. The number of hydrogen-bond donors (Lipinski definition) is 5. The fourth-order valence-corrected chi connectivity index (χ4v) is 4.63. The molecule has 222 valence electrons. The van der Waals surface area contributed by atoms with Gasteiger partial charge in [0.25, 0.3) is 0 Å². The van der Waals surface area contributed by atoms with E-state index in [9.17, 15) is 19.2 Å². The molecule has 1 aromatic rings. The zero-order valence-corrected chi connectivity index (χ0v) is 25.0. The zero-order chi connectivity index (χ0) is 29.7. The summed E-state index contributed by atoms with van der Waals surface area (Å²) in [7, 11) is 0. The Balaban J connectivity index is 2.12. The molecule has 0 aromatic heterocycles. The molecule has 0 saturated carbocycles. The van der Waals surface area contributed by atoms with Crippen LogP contribution < -0.4 is 26.6 Å². The van der Waals surface area contributed by atoms with Crippen LogP contribution in [0.4, 0.5) is 0 Å². The molecule has 9 heteroatoms. The van der Waals surface area contributed by atoms with Gasteiger partial charge in [0.05, 0.1) is 0 Å². The van der Waals surface area contributed by atoms with Crippen molar-refractivity contribution >= 4 is 23.6 Å². The maximum atomic E-state index is 13.5. The Morgan fingerprint density at radius 1 is 0.725 bits per heavy atom. The van der Waals surface area contributed by atoms with E-state index in [1.54, 1.807) is 0 Å². The second-order valence-corrected chi connectivity index (χ2v) is 11.9. The Hall–Kier alpha value is -3.20. The van der Waals surface area contributed by atoms with Gasteiger partial charge in [-0.25, -0.2) is 0 Å². The summed E-state index contributed by atoms with van der Waals surface area (Å²) in [6.45, 7) is 13.5. The Bertz CT molecular complexity index is 1010. The molecule has 1 aliphatic heterocycles. The maximum absolute atomic E-state index is 13.5. The molecule has 40 heavy (non-hydrogen) atoms. The van der Waals surface area contributed by atoms with Gasteiger partial charge in [0.2, 0.25) is 23.6 Å². The average molecular weight is 556 g/mol. The molecule has 0 saturated heterocycles. The Kier molecular flexibility index (Phi) is 13.9. The third-order valence-electron chi connectivity index (χ3n) is 6.64. The summed E-state index contributed by atoms with van der Waals surface area (Å²) < 4.78 is 0. The molecule has 0 unspecified atom stereocenters. The monoisotopic (exact) mass is 555 g/mol. The minimum Gasteiger partial charge on any atom is -0.350 e. The maximum Gasteiger partial charge on any atom is 0.248 e. The standard InChI is InChI=1S/C31H49N5O4/c1-20(2)15-25(29(38)33-18-23-11-8-7-9-12-23)35-31(40)27(17-22(5)6)36-30(39)26(16-21(3)4)34-28(37)24-13-10-14-32-19-24/h7-9,11-13,20-22,25-27,32H,10,14-19H2,1-6H3,(H,33,38)(H,34,37)(H,35,40)(H,36,39)/t25-,26-,27-/m0/s1. The lowest BCUT2D eigenvalue weighted by molar-refractivity contribution is -0.134. The van der Waals surface area contributed by atoms with Crippen LogP contribution in [0.15, 0.2) is 42.0 Å². The lowest BCUT2D eigenvalue weighted by Gasteiger charge is -2.27. The van der Waals surface area contributed by atoms with Gasteiger partial charge < -0.3 is 26.6 Å². The van der Waals surface area contributed by atoms with Gasteiger partial charge in [0, 0.05) is 18.7 Å². The average Bonchev–Trinajstić information content (AvgIpc) is 2.90. The van der Waals surface area contributed by atoms with Gasteiger partial charge in [0.15, 0.2) is 0 Å². The van der Waals surface area contributed by atoms with Crippen molar-refractivity contribution < 1.29 is 19.2 Å². The molecule has 0 radical (unpaired) electrons. The first-order chi connectivity index (χ1) is 19.0. The fraction of sp³-hybridized carbons (Fsp3) is 0.613. The minimum atomic E-state index is -0.841. The summed E-state index contributed by atoms with van der Waals surface area (Å²) in [5.74, 6) is -0.916. The van der Waals surface area contributed by atoms with E-state index in [0.717, 1.165) is 18.5 Å². The molecule has 1 heterocycles. The molecule has 9 nitrogen and oxygen atoms in total. The van der Waals surface area contributed by atoms with E-state index in [2.05, 4.69) is 26.6 Å². The van der Waals surface area contributed by atoms with Crippen molar-refractivity contribution in [1.82, 2.24) is 26.6 Å². The van der Waals surface area contributed by atoms with Crippen molar-refractivity contribution in [3.63, 3.8) is 0 Å². The molecule has 0 bridgehead atoms. The number of hydrogen-bond acceptors (Lipinski definition) is 5. The summed E-state index contributed by atoms with van der Waals surface area (Å²) in [5, 5.41) is 14.8. The first kappa shape index (κ1) is 33.0. The van der Waals surface area contributed by atoms with Gasteiger partial charge >= 0.3 is 0 Å². The molecule has 0 spiro atoms.